The normalized spacial score (nSPS) is 10.5. The van der Waals surface area contributed by atoms with Crippen LogP contribution in [0.15, 0.2) is 18.2 Å². The molecule has 0 aromatic heterocycles. The number of hydrogen-bond acceptors (Lipinski definition) is 2. The molecule has 15 heavy (non-hydrogen) atoms. The van der Waals surface area contributed by atoms with Gasteiger partial charge in [-0.15, -0.1) is 0 Å². The summed E-state index contributed by atoms with van der Waals surface area (Å²) in [6.07, 6.45) is 0. The number of aryl methyl sites for hydroxylation is 1. The lowest BCUT2D eigenvalue weighted by atomic mass is 10.2. The third kappa shape index (κ3) is 4.17. The third-order valence-electron chi connectivity index (χ3n) is 1.93. The molecule has 0 saturated heterocycles. The third-order valence-corrected chi connectivity index (χ3v) is 2.60. The Morgan fingerprint density at radius 2 is 2.13 bits per heavy atom. The van der Waals surface area contributed by atoms with Crippen LogP contribution >= 0.6 is 22.6 Å². The Hall–Kier alpha value is -0.620. The predicted molar refractivity (Wildman–Crippen MR) is 71.1 cm³/mol. The lowest BCUT2D eigenvalue weighted by molar-refractivity contribution is -0.116. The van der Waals surface area contributed by atoms with Crippen molar-refractivity contribution in [2.75, 3.05) is 26.0 Å². The van der Waals surface area contributed by atoms with Crippen LogP contribution in [0.2, 0.25) is 0 Å². The molecule has 0 aliphatic heterocycles. The highest BCUT2D eigenvalue weighted by Gasteiger charge is 2.05. The SMILES string of the molecule is Cc1ccc(I)cc1NC(=O)CN(C)C. The monoisotopic (exact) mass is 318 g/mol. The van der Waals surface area contributed by atoms with Gasteiger partial charge in [0.15, 0.2) is 0 Å². The standard InChI is InChI=1S/C11H15IN2O/c1-8-4-5-9(12)6-10(8)13-11(15)7-14(2)3/h4-6H,7H2,1-3H3,(H,13,15). The van der Waals surface area contributed by atoms with Crippen molar-refractivity contribution in [2.45, 2.75) is 6.92 Å². The van der Waals surface area contributed by atoms with E-state index in [9.17, 15) is 4.79 Å². The fourth-order valence-electron chi connectivity index (χ4n) is 1.21. The smallest absolute Gasteiger partial charge is 0.238 e. The molecule has 4 heteroatoms. The maximum Gasteiger partial charge on any atom is 0.238 e. The maximum absolute atomic E-state index is 11.5. The van der Waals surface area contributed by atoms with Gasteiger partial charge in [0, 0.05) is 9.26 Å². The molecule has 0 bridgehead atoms. The summed E-state index contributed by atoms with van der Waals surface area (Å²) in [5, 5.41) is 2.90. The molecule has 1 aromatic carbocycles. The molecule has 1 amide bonds. The van der Waals surface area contributed by atoms with Crippen molar-refractivity contribution >= 4 is 34.2 Å². The Kier molecular flexibility index (Phi) is 4.53. The van der Waals surface area contributed by atoms with Crippen LogP contribution in [-0.2, 0) is 4.79 Å². The van der Waals surface area contributed by atoms with Crippen LogP contribution in [0.25, 0.3) is 0 Å². The molecule has 0 spiro atoms. The fraction of sp³-hybridized carbons (Fsp3) is 0.364. The van der Waals surface area contributed by atoms with E-state index in [1.165, 1.54) is 0 Å². The minimum atomic E-state index is 0.0186. The Bertz CT molecular complexity index is 364. The molecular formula is C11H15IN2O. The van der Waals surface area contributed by atoms with Gasteiger partial charge in [0.2, 0.25) is 5.91 Å². The number of benzene rings is 1. The van der Waals surface area contributed by atoms with Gasteiger partial charge in [-0.3, -0.25) is 4.79 Å². The van der Waals surface area contributed by atoms with Crippen LogP contribution in [0.5, 0.6) is 0 Å². The number of halogens is 1. The van der Waals surface area contributed by atoms with E-state index in [2.05, 4.69) is 27.9 Å². The predicted octanol–water partition coefficient (Wildman–Crippen LogP) is 2.10. The highest BCUT2D eigenvalue weighted by atomic mass is 127. The number of anilines is 1. The van der Waals surface area contributed by atoms with E-state index in [1.54, 1.807) is 0 Å². The average molecular weight is 318 g/mol. The van der Waals surface area contributed by atoms with E-state index < -0.39 is 0 Å². The van der Waals surface area contributed by atoms with Crippen molar-refractivity contribution in [3.05, 3.63) is 27.3 Å². The lowest BCUT2D eigenvalue weighted by Crippen LogP contribution is -2.27. The van der Waals surface area contributed by atoms with Crippen molar-refractivity contribution < 1.29 is 4.79 Å². The quantitative estimate of drug-likeness (QED) is 0.866. The summed E-state index contributed by atoms with van der Waals surface area (Å²) in [7, 11) is 3.75. The summed E-state index contributed by atoms with van der Waals surface area (Å²) in [6.45, 7) is 2.40. The van der Waals surface area contributed by atoms with Crippen molar-refractivity contribution in [2.24, 2.45) is 0 Å². The van der Waals surface area contributed by atoms with Gasteiger partial charge in [-0.1, -0.05) is 6.07 Å². The van der Waals surface area contributed by atoms with E-state index in [0.717, 1.165) is 14.8 Å². The number of nitrogens with zero attached hydrogens (tertiary/aromatic N) is 1. The van der Waals surface area contributed by atoms with E-state index in [4.69, 9.17) is 0 Å². The zero-order chi connectivity index (χ0) is 11.4. The number of amides is 1. The first-order valence-electron chi connectivity index (χ1n) is 4.70. The summed E-state index contributed by atoms with van der Waals surface area (Å²) in [5.74, 6) is 0.0186. The Balaban J connectivity index is 2.71. The second-order valence-electron chi connectivity index (χ2n) is 3.75. The number of hydrogen-bond donors (Lipinski definition) is 1. The minimum Gasteiger partial charge on any atom is -0.325 e. The van der Waals surface area contributed by atoms with Gasteiger partial charge in [-0.05, 0) is 61.3 Å². The number of carbonyl (C=O) groups is 1. The van der Waals surface area contributed by atoms with Crippen LogP contribution < -0.4 is 5.32 Å². The largest absolute Gasteiger partial charge is 0.325 e. The molecular weight excluding hydrogens is 303 g/mol. The summed E-state index contributed by atoms with van der Waals surface area (Å²) in [4.78, 5) is 13.4. The molecule has 82 valence electrons. The zero-order valence-electron chi connectivity index (χ0n) is 9.17. The van der Waals surface area contributed by atoms with Crippen molar-refractivity contribution in [3.8, 4) is 0 Å². The highest BCUT2D eigenvalue weighted by molar-refractivity contribution is 14.1. The first kappa shape index (κ1) is 12.4. The Morgan fingerprint density at radius 3 is 2.73 bits per heavy atom. The molecule has 0 aliphatic carbocycles. The summed E-state index contributed by atoms with van der Waals surface area (Å²) in [5.41, 5.74) is 1.98. The topological polar surface area (TPSA) is 32.3 Å². The number of carbonyl (C=O) groups excluding carboxylic acids is 1. The average Bonchev–Trinajstić information content (AvgIpc) is 2.10. The zero-order valence-corrected chi connectivity index (χ0v) is 11.3. The highest BCUT2D eigenvalue weighted by Crippen LogP contribution is 2.17. The Labute approximate surface area is 104 Å². The molecule has 0 fully saturated rings. The van der Waals surface area contributed by atoms with Crippen LogP contribution in [0.3, 0.4) is 0 Å². The van der Waals surface area contributed by atoms with E-state index in [1.807, 2.05) is 44.1 Å². The van der Waals surface area contributed by atoms with Crippen molar-refractivity contribution in [1.29, 1.82) is 0 Å². The van der Waals surface area contributed by atoms with Gasteiger partial charge in [0.25, 0.3) is 0 Å². The van der Waals surface area contributed by atoms with E-state index in [0.29, 0.717) is 6.54 Å². The van der Waals surface area contributed by atoms with Gasteiger partial charge < -0.3 is 10.2 Å². The van der Waals surface area contributed by atoms with Gasteiger partial charge >= 0.3 is 0 Å². The van der Waals surface area contributed by atoms with E-state index in [-0.39, 0.29) is 5.91 Å². The first-order valence-corrected chi connectivity index (χ1v) is 5.77. The molecule has 0 saturated carbocycles. The lowest BCUT2D eigenvalue weighted by Gasteiger charge is -2.12. The van der Waals surface area contributed by atoms with Crippen LogP contribution in [0.1, 0.15) is 5.56 Å². The van der Waals surface area contributed by atoms with Crippen LogP contribution in [-0.4, -0.2) is 31.4 Å². The second kappa shape index (κ2) is 5.46. The molecule has 0 radical (unpaired) electrons. The number of nitrogens with one attached hydrogen (secondary N) is 1. The summed E-state index contributed by atoms with van der Waals surface area (Å²) >= 11 is 2.23. The molecule has 0 heterocycles. The van der Waals surface area contributed by atoms with E-state index >= 15 is 0 Å². The van der Waals surface area contributed by atoms with Crippen LogP contribution in [0, 0.1) is 10.5 Å². The minimum absolute atomic E-state index is 0.0186. The number of rotatable bonds is 3. The van der Waals surface area contributed by atoms with Gasteiger partial charge in [0.05, 0.1) is 6.54 Å². The molecule has 0 atom stereocenters. The van der Waals surface area contributed by atoms with Crippen molar-refractivity contribution in [3.63, 3.8) is 0 Å². The molecule has 0 aliphatic rings. The molecule has 0 unspecified atom stereocenters. The second-order valence-corrected chi connectivity index (χ2v) is 4.99. The summed E-state index contributed by atoms with van der Waals surface area (Å²) < 4.78 is 1.12. The first-order chi connectivity index (χ1) is 6.99. The molecule has 1 aromatic rings. The fourth-order valence-corrected chi connectivity index (χ4v) is 1.70. The van der Waals surface area contributed by atoms with Gasteiger partial charge in [0.1, 0.15) is 0 Å². The van der Waals surface area contributed by atoms with Gasteiger partial charge in [-0.25, -0.2) is 0 Å². The molecule has 3 nitrogen and oxygen atoms in total. The van der Waals surface area contributed by atoms with Crippen molar-refractivity contribution in [1.82, 2.24) is 4.90 Å². The number of likely N-dealkylation sites (N-methyl/N-ethyl adjacent to an activating group) is 1. The summed E-state index contributed by atoms with van der Waals surface area (Å²) in [6, 6.07) is 6.01. The van der Waals surface area contributed by atoms with Gasteiger partial charge in [-0.2, -0.15) is 0 Å². The van der Waals surface area contributed by atoms with Crippen LogP contribution in [0.4, 0.5) is 5.69 Å². The Morgan fingerprint density at radius 1 is 1.47 bits per heavy atom. The molecule has 1 rings (SSSR count). The maximum atomic E-state index is 11.5. The molecule has 1 N–H and O–H groups in total.